The number of aromatic nitrogens is 1. The lowest BCUT2D eigenvalue weighted by molar-refractivity contribution is 0.0953. The molecule has 1 aliphatic heterocycles. The summed E-state index contributed by atoms with van der Waals surface area (Å²) in [4.78, 5) is 20.5. The number of aryl methyl sites for hydroxylation is 4. The van der Waals surface area contributed by atoms with E-state index in [0.717, 1.165) is 34.1 Å². The lowest BCUT2D eigenvalue weighted by Gasteiger charge is -2.19. The van der Waals surface area contributed by atoms with Gasteiger partial charge in [-0.05, 0) is 71.7 Å². The molecule has 1 fully saturated rings. The molecule has 1 unspecified atom stereocenters. The van der Waals surface area contributed by atoms with Crippen molar-refractivity contribution in [3.8, 4) is 10.6 Å². The Balaban J connectivity index is 1.71. The third-order valence-electron chi connectivity index (χ3n) is 5.33. The molecule has 2 heterocycles. The van der Waals surface area contributed by atoms with E-state index in [-0.39, 0.29) is 5.91 Å². The van der Waals surface area contributed by atoms with Crippen LogP contribution in [0.3, 0.4) is 0 Å². The summed E-state index contributed by atoms with van der Waals surface area (Å²) in [7, 11) is 2.17. The largest absolute Gasteiger partial charge is 0.351 e. The van der Waals surface area contributed by atoms with Gasteiger partial charge in [0.25, 0.3) is 5.91 Å². The van der Waals surface area contributed by atoms with Gasteiger partial charge in [-0.15, -0.1) is 11.3 Å². The van der Waals surface area contributed by atoms with Crippen LogP contribution in [0.15, 0.2) is 12.1 Å². The Kier molecular flexibility index (Phi) is 5.78. The molecule has 140 valence electrons. The average molecular weight is 372 g/mol. The SMILES string of the molecule is Cc1cc(C)c(-c2nc(C)c(C(=O)NCCC3CCCN3C)s2)c(C)c1. The second-order valence-electron chi connectivity index (χ2n) is 7.53. The van der Waals surface area contributed by atoms with E-state index in [1.165, 1.54) is 47.4 Å². The molecule has 1 saturated heterocycles. The number of carbonyl (C=O) groups is 1. The van der Waals surface area contributed by atoms with Crippen LogP contribution >= 0.6 is 11.3 Å². The highest BCUT2D eigenvalue weighted by Gasteiger charge is 2.22. The molecule has 1 amide bonds. The van der Waals surface area contributed by atoms with Gasteiger partial charge in [0.1, 0.15) is 9.88 Å². The smallest absolute Gasteiger partial charge is 0.263 e. The molecular formula is C21H29N3OS. The van der Waals surface area contributed by atoms with Gasteiger partial charge in [0.2, 0.25) is 0 Å². The lowest BCUT2D eigenvalue weighted by Crippen LogP contribution is -2.31. The van der Waals surface area contributed by atoms with Crippen LogP contribution in [0.1, 0.15) is 51.3 Å². The summed E-state index contributed by atoms with van der Waals surface area (Å²) in [6.07, 6.45) is 3.52. The van der Waals surface area contributed by atoms with Crippen molar-refractivity contribution in [1.82, 2.24) is 15.2 Å². The molecule has 0 saturated carbocycles. The van der Waals surface area contributed by atoms with Gasteiger partial charge >= 0.3 is 0 Å². The molecule has 3 rings (SSSR count). The van der Waals surface area contributed by atoms with Gasteiger partial charge in [-0.1, -0.05) is 17.7 Å². The first kappa shape index (κ1) is 19.1. The van der Waals surface area contributed by atoms with E-state index in [4.69, 9.17) is 4.98 Å². The highest BCUT2D eigenvalue weighted by molar-refractivity contribution is 7.17. The Hall–Kier alpha value is -1.72. The fourth-order valence-corrected chi connectivity index (χ4v) is 5.17. The number of nitrogens with zero attached hydrogens (tertiary/aromatic N) is 2. The second-order valence-corrected chi connectivity index (χ2v) is 8.53. The van der Waals surface area contributed by atoms with Crippen LogP contribution in [-0.4, -0.2) is 42.0 Å². The quantitative estimate of drug-likeness (QED) is 0.854. The summed E-state index contributed by atoms with van der Waals surface area (Å²) in [5, 5.41) is 4.04. The van der Waals surface area contributed by atoms with Gasteiger partial charge in [0.15, 0.2) is 0 Å². The van der Waals surface area contributed by atoms with Crippen LogP contribution in [0.5, 0.6) is 0 Å². The van der Waals surface area contributed by atoms with Gasteiger partial charge in [0, 0.05) is 18.2 Å². The van der Waals surface area contributed by atoms with Crippen molar-refractivity contribution in [1.29, 1.82) is 0 Å². The molecule has 0 radical (unpaired) electrons. The Bertz CT molecular complexity index is 789. The standard InChI is InChI=1S/C21H29N3OS/c1-13-11-14(2)18(15(3)12-13)21-23-16(4)19(26-21)20(25)22-9-8-17-7-6-10-24(17)5/h11-12,17H,6-10H2,1-5H3,(H,22,25). The maximum atomic E-state index is 12.6. The Morgan fingerprint density at radius 1 is 1.27 bits per heavy atom. The monoisotopic (exact) mass is 371 g/mol. The van der Waals surface area contributed by atoms with Crippen LogP contribution in [-0.2, 0) is 0 Å². The lowest BCUT2D eigenvalue weighted by atomic mass is 10.0. The Labute approximate surface area is 160 Å². The summed E-state index contributed by atoms with van der Waals surface area (Å²) < 4.78 is 0. The summed E-state index contributed by atoms with van der Waals surface area (Å²) in [6.45, 7) is 10.2. The number of carbonyl (C=O) groups excluding carboxylic acids is 1. The van der Waals surface area contributed by atoms with Crippen molar-refractivity contribution in [3.63, 3.8) is 0 Å². The topological polar surface area (TPSA) is 45.2 Å². The molecule has 4 nitrogen and oxygen atoms in total. The summed E-state index contributed by atoms with van der Waals surface area (Å²) in [5.74, 6) is 0.00863. The molecule has 26 heavy (non-hydrogen) atoms. The number of rotatable bonds is 5. The van der Waals surface area contributed by atoms with Gasteiger partial charge in [-0.2, -0.15) is 0 Å². The highest BCUT2D eigenvalue weighted by Crippen LogP contribution is 2.33. The number of hydrogen-bond donors (Lipinski definition) is 1. The predicted molar refractivity (Wildman–Crippen MR) is 109 cm³/mol. The molecule has 0 bridgehead atoms. The van der Waals surface area contributed by atoms with E-state index < -0.39 is 0 Å². The number of amides is 1. The van der Waals surface area contributed by atoms with Gasteiger partial charge in [-0.3, -0.25) is 4.79 Å². The number of nitrogens with one attached hydrogen (secondary N) is 1. The molecule has 2 aromatic rings. The van der Waals surface area contributed by atoms with Crippen LogP contribution in [0.4, 0.5) is 0 Å². The van der Waals surface area contributed by atoms with Gasteiger partial charge < -0.3 is 10.2 Å². The average Bonchev–Trinajstić information content (AvgIpc) is 3.12. The minimum absolute atomic E-state index is 0.00863. The minimum Gasteiger partial charge on any atom is -0.351 e. The van der Waals surface area contributed by atoms with Crippen molar-refractivity contribution >= 4 is 17.2 Å². The van der Waals surface area contributed by atoms with Gasteiger partial charge in [0.05, 0.1) is 5.69 Å². The number of likely N-dealkylation sites (tertiary alicyclic amines) is 1. The number of thiazole rings is 1. The summed E-state index contributed by atoms with van der Waals surface area (Å²) in [6, 6.07) is 4.96. The molecule has 1 aliphatic rings. The van der Waals surface area contributed by atoms with Crippen LogP contribution in [0, 0.1) is 27.7 Å². The molecule has 0 spiro atoms. The molecular weight excluding hydrogens is 342 g/mol. The fourth-order valence-electron chi connectivity index (χ4n) is 4.01. The van der Waals surface area contributed by atoms with Crippen molar-refractivity contribution < 1.29 is 4.79 Å². The second kappa shape index (κ2) is 7.89. The predicted octanol–water partition coefficient (Wildman–Crippen LogP) is 4.26. The van der Waals surface area contributed by atoms with Gasteiger partial charge in [-0.25, -0.2) is 4.98 Å². The first-order chi connectivity index (χ1) is 12.4. The molecule has 1 atom stereocenters. The number of benzene rings is 1. The van der Waals surface area contributed by atoms with Crippen molar-refractivity contribution in [2.24, 2.45) is 0 Å². The molecule has 1 aromatic heterocycles. The summed E-state index contributed by atoms with van der Waals surface area (Å²) >= 11 is 1.50. The normalized spacial score (nSPS) is 17.7. The van der Waals surface area contributed by atoms with E-state index in [1.54, 1.807) is 0 Å². The number of hydrogen-bond acceptors (Lipinski definition) is 4. The van der Waals surface area contributed by atoms with E-state index in [1.807, 2.05) is 6.92 Å². The zero-order chi connectivity index (χ0) is 18.8. The zero-order valence-electron chi connectivity index (χ0n) is 16.5. The van der Waals surface area contributed by atoms with E-state index in [2.05, 4.69) is 50.2 Å². The van der Waals surface area contributed by atoms with Crippen LogP contribution in [0.25, 0.3) is 10.6 Å². The van der Waals surface area contributed by atoms with E-state index in [9.17, 15) is 4.79 Å². The Morgan fingerprint density at radius 2 is 1.96 bits per heavy atom. The Morgan fingerprint density at radius 3 is 2.58 bits per heavy atom. The van der Waals surface area contributed by atoms with Crippen molar-refractivity contribution in [3.05, 3.63) is 39.4 Å². The highest BCUT2D eigenvalue weighted by atomic mass is 32.1. The van der Waals surface area contributed by atoms with Crippen LogP contribution in [0.2, 0.25) is 0 Å². The van der Waals surface area contributed by atoms with E-state index >= 15 is 0 Å². The zero-order valence-corrected chi connectivity index (χ0v) is 17.3. The molecule has 1 N–H and O–H groups in total. The first-order valence-electron chi connectivity index (χ1n) is 9.41. The molecule has 5 heteroatoms. The maximum Gasteiger partial charge on any atom is 0.263 e. The third kappa shape index (κ3) is 3.99. The summed E-state index contributed by atoms with van der Waals surface area (Å²) in [5.41, 5.74) is 5.67. The molecule has 0 aliphatic carbocycles. The third-order valence-corrected chi connectivity index (χ3v) is 6.50. The van der Waals surface area contributed by atoms with Crippen molar-refractivity contribution in [2.45, 2.75) is 53.0 Å². The van der Waals surface area contributed by atoms with Crippen molar-refractivity contribution in [2.75, 3.05) is 20.1 Å². The molecule has 1 aromatic carbocycles. The maximum absolute atomic E-state index is 12.6. The van der Waals surface area contributed by atoms with Crippen LogP contribution < -0.4 is 5.32 Å². The minimum atomic E-state index is 0.00863. The van der Waals surface area contributed by atoms with E-state index in [0.29, 0.717) is 6.04 Å². The fraction of sp³-hybridized carbons (Fsp3) is 0.524. The first-order valence-corrected chi connectivity index (χ1v) is 10.2.